The normalized spacial score (nSPS) is 24.2. The molecule has 1 unspecified atom stereocenters. The van der Waals surface area contributed by atoms with E-state index in [0.29, 0.717) is 6.42 Å². The molecule has 1 heterocycles. The van der Waals surface area contributed by atoms with Crippen molar-refractivity contribution in [3.8, 4) is 0 Å². The van der Waals surface area contributed by atoms with Gasteiger partial charge in [-0.25, -0.2) is 4.79 Å². The van der Waals surface area contributed by atoms with Crippen molar-refractivity contribution in [3.63, 3.8) is 0 Å². The molecule has 0 aromatic heterocycles. The number of carbonyl (C=O) groups is 1. The predicted octanol–water partition coefficient (Wildman–Crippen LogP) is 4.57. The molecule has 8 heteroatoms. The molecule has 38 heavy (non-hydrogen) atoms. The summed E-state index contributed by atoms with van der Waals surface area (Å²) < 4.78 is 11.2. The largest absolute Gasteiger partial charge is 0.445 e. The zero-order valence-corrected chi connectivity index (χ0v) is 23.3. The Morgan fingerprint density at radius 2 is 1.47 bits per heavy atom. The zero-order valence-electron chi connectivity index (χ0n) is 23.3. The molecule has 218 valence electrons. The second-order valence-corrected chi connectivity index (χ2v) is 10.7. The van der Waals surface area contributed by atoms with Gasteiger partial charge in [-0.05, 0) is 12.0 Å². The predicted molar refractivity (Wildman–Crippen MR) is 150 cm³/mol. The van der Waals surface area contributed by atoms with E-state index in [-0.39, 0.29) is 6.61 Å². The highest BCUT2D eigenvalue weighted by Crippen LogP contribution is 2.25. The molecule has 1 saturated heterocycles. The molecule has 0 radical (unpaired) electrons. The van der Waals surface area contributed by atoms with Crippen LogP contribution in [0.1, 0.15) is 102 Å². The van der Waals surface area contributed by atoms with Gasteiger partial charge in [-0.2, -0.15) is 0 Å². The molecule has 8 nitrogen and oxygen atoms in total. The monoisotopic (exact) mass is 536 g/mol. The lowest BCUT2D eigenvalue weighted by atomic mass is 9.87. The molecule has 0 aliphatic carbocycles. The SMILES string of the molecule is CCCCCCCCCCCCCCCC(N)[C@@H]1O[C@H](CO)[C@H](O)[C@H](O)[C@H]1NC(=O)OCc1ccccc1. The highest BCUT2D eigenvalue weighted by Gasteiger charge is 2.47. The summed E-state index contributed by atoms with van der Waals surface area (Å²) in [6.45, 7) is 1.87. The fourth-order valence-corrected chi connectivity index (χ4v) is 5.14. The molecule has 0 bridgehead atoms. The molecule has 1 aromatic rings. The van der Waals surface area contributed by atoms with E-state index in [1.807, 2.05) is 30.3 Å². The van der Waals surface area contributed by atoms with E-state index in [1.165, 1.54) is 64.2 Å². The highest BCUT2D eigenvalue weighted by molar-refractivity contribution is 5.68. The van der Waals surface area contributed by atoms with Crippen LogP contribution in [-0.2, 0) is 16.1 Å². The minimum absolute atomic E-state index is 0.0772. The van der Waals surface area contributed by atoms with Crippen LogP contribution < -0.4 is 11.1 Å². The first-order valence-electron chi connectivity index (χ1n) is 14.8. The van der Waals surface area contributed by atoms with Crippen LogP contribution in [0.3, 0.4) is 0 Å². The molecule has 1 aliphatic heterocycles. The van der Waals surface area contributed by atoms with Gasteiger partial charge in [0.05, 0.1) is 18.8 Å². The number of carbonyl (C=O) groups excluding carboxylic acids is 1. The molecular formula is C30H52N2O6. The van der Waals surface area contributed by atoms with Gasteiger partial charge in [-0.15, -0.1) is 0 Å². The molecule has 1 aliphatic rings. The fourth-order valence-electron chi connectivity index (χ4n) is 5.14. The molecule has 1 amide bonds. The average Bonchev–Trinajstić information content (AvgIpc) is 2.93. The Morgan fingerprint density at radius 3 is 2.03 bits per heavy atom. The van der Waals surface area contributed by atoms with Crippen molar-refractivity contribution in [2.24, 2.45) is 5.73 Å². The number of amides is 1. The molecule has 1 fully saturated rings. The van der Waals surface area contributed by atoms with Crippen molar-refractivity contribution in [3.05, 3.63) is 35.9 Å². The van der Waals surface area contributed by atoms with E-state index in [0.717, 1.165) is 24.8 Å². The van der Waals surface area contributed by atoms with Crippen molar-refractivity contribution < 1.29 is 29.6 Å². The molecule has 0 spiro atoms. The van der Waals surface area contributed by atoms with Crippen LogP contribution in [0.2, 0.25) is 0 Å². The highest BCUT2D eigenvalue weighted by atomic mass is 16.6. The number of aliphatic hydroxyl groups excluding tert-OH is 3. The number of nitrogens with two attached hydrogens (primary N) is 1. The number of ether oxygens (including phenoxy) is 2. The van der Waals surface area contributed by atoms with Crippen LogP contribution in [0.5, 0.6) is 0 Å². The van der Waals surface area contributed by atoms with Gasteiger partial charge in [0, 0.05) is 6.04 Å². The third-order valence-corrected chi connectivity index (χ3v) is 7.52. The summed E-state index contributed by atoms with van der Waals surface area (Å²) in [6, 6.07) is 7.84. The summed E-state index contributed by atoms with van der Waals surface area (Å²) >= 11 is 0. The van der Waals surface area contributed by atoms with E-state index in [4.69, 9.17) is 15.2 Å². The second kappa shape index (κ2) is 19.4. The Balaban J connectivity index is 1.71. The quantitative estimate of drug-likeness (QED) is 0.164. The summed E-state index contributed by atoms with van der Waals surface area (Å²) in [6.07, 6.45) is 11.9. The standard InChI is InChI=1S/C30H52N2O6/c1-2-3-4-5-6-7-8-9-10-11-12-13-17-20-24(31)29-26(28(35)27(34)25(21-33)38-29)32-30(36)37-22-23-18-15-14-16-19-23/h14-16,18-19,24-29,33-35H,2-13,17,20-22,31H2,1H3,(H,32,36)/t24?,25-,26-,27+,28-,29+/m1/s1. The zero-order chi connectivity index (χ0) is 27.6. The number of hydrogen-bond donors (Lipinski definition) is 5. The first kappa shape index (κ1) is 32.5. The summed E-state index contributed by atoms with van der Waals surface area (Å²) in [7, 11) is 0. The maximum Gasteiger partial charge on any atom is 0.407 e. The van der Waals surface area contributed by atoms with Gasteiger partial charge in [-0.3, -0.25) is 0 Å². The van der Waals surface area contributed by atoms with Crippen LogP contribution in [0.25, 0.3) is 0 Å². The van der Waals surface area contributed by atoms with Crippen molar-refractivity contribution >= 4 is 6.09 Å². The van der Waals surface area contributed by atoms with Crippen LogP contribution in [-0.4, -0.2) is 64.5 Å². The van der Waals surface area contributed by atoms with E-state index >= 15 is 0 Å². The van der Waals surface area contributed by atoms with Gasteiger partial charge < -0.3 is 35.8 Å². The minimum atomic E-state index is -1.35. The van der Waals surface area contributed by atoms with Crippen molar-refractivity contribution in [1.29, 1.82) is 0 Å². The van der Waals surface area contributed by atoms with E-state index in [1.54, 1.807) is 0 Å². The second-order valence-electron chi connectivity index (χ2n) is 10.7. The smallest absolute Gasteiger partial charge is 0.407 e. The van der Waals surface area contributed by atoms with Gasteiger partial charge in [0.1, 0.15) is 24.9 Å². The van der Waals surface area contributed by atoms with Gasteiger partial charge >= 0.3 is 6.09 Å². The van der Waals surface area contributed by atoms with Crippen molar-refractivity contribution in [1.82, 2.24) is 5.32 Å². The number of nitrogens with one attached hydrogen (secondary N) is 1. The topological polar surface area (TPSA) is 134 Å². The average molecular weight is 537 g/mol. The summed E-state index contributed by atoms with van der Waals surface area (Å²) in [4.78, 5) is 12.5. The van der Waals surface area contributed by atoms with Crippen LogP contribution >= 0.6 is 0 Å². The Morgan fingerprint density at radius 1 is 0.921 bits per heavy atom. The third-order valence-electron chi connectivity index (χ3n) is 7.52. The first-order valence-corrected chi connectivity index (χ1v) is 14.8. The van der Waals surface area contributed by atoms with Gasteiger partial charge in [-0.1, -0.05) is 121 Å². The maximum absolute atomic E-state index is 12.5. The van der Waals surface area contributed by atoms with Crippen LogP contribution in [0.15, 0.2) is 30.3 Å². The van der Waals surface area contributed by atoms with Gasteiger partial charge in [0.25, 0.3) is 0 Å². The van der Waals surface area contributed by atoms with E-state index < -0.39 is 49.2 Å². The number of hydrogen-bond acceptors (Lipinski definition) is 7. The fraction of sp³-hybridized carbons (Fsp3) is 0.767. The van der Waals surface area contributed by atoms with E-state index in [2.05, 4.69) is 12.2 Å². The lowest BCUT2D eigenvalue weighted by molar-refractivity contribution is -0.198. The molecular weight excluding hydrogens is 484 g/mol. The van der Waals surface area contributed by atoms with E-state index in [9.17, 15) is 20.1 Å². The molecule has 2 rings (SSSR count). The van der Waals surface area contributed by atoms with Gasteiger partial charge in [0.15, 0.2) is 0 Å². The Hall–Kier alpha value is -1.71. The number of aliphatic hydroxyl groups is 3. The molecule has 6 N–H and O–H groups in total. The Bertz CT molecular complexity index is 737. The number of rotatable bonds is 19. The third kappa shape index (κ3) is 12.0. The number of alkyl carbamates (subject to hydrolysis) is 1. The Labute approximate surface area is 229 Å². The van der Waals surface area contributed by atoms with Crippen LogP contribution in [0, 0.1) is 0 Å². The molecule has 0 saturated carbocycles. The van der Waals surface area contributed by atoms with Crippen LogP contribution in [0.4, 0.5) is 4.79 Å². The lowest BCUT2D eigenvalue weighted by Crippen LogP contribution is -2.67. The lowest BCUT2D eigenvalue weighted by Gasteiger charge is -2.44. The molecule has 6 atom stereocenters. The number of benzene rings is 1. The van der Waals surface area contributed by atoms with Crippen molar-refractivity contribution in [2.75, 3.05) is 6.61 Å². The minimum Gasteiger partial charge on any atom is -0.445 e. The summed E-state index contributed by atoms with van der Waals surface area (Å²) in [5.41, 5.74) is 7.28. The summed E-state index contributed by atoms with van der Waals surface area (Å²) in [5.74, 6) is 0. The number of unbranched alkanes of at least 4 members (excludes halogenated alkanes) is 12. The Kier molecular flexibility index (Phi) is 16.6. The summed E-state index contributed by atoms with van der Waals surface area (Å²) in [5, 5.41) is 33.3. The first-order chi connectivity index (χ1) is 18.5. The maximum atomic E-state index is 12.5. The molecule has 1 aromatic carbocycles. The van der Waals surface area contributed by atoms with Gasteiger partial charge in [0.2, 0.25) is 0 Å². The van der Waals surface area contributed by atoms with Crippen molar-refractivity contribution in [2.45, 2.75) is 140 Å².